The third-order valence-electron chi connectivity index (χ3n) is 6.45. The Morgan fingerprint density at radius 2 is 1.93 bits per heavy atom. The van der Waals surface area contributed by atoms with Crippen molar-refractivity contribution in [2.24, 2.45) is 0 Å². The fraction of sp³-hybridized carbons (Fsp3) is 0.261. The van der Waals surface area contributed by atoms with Gasteiger partial charge in [0.1, 0.15) is 12.0 Å². The molecule has 148 valence electrons. The highest BCUT2D eigenvalue weighted by molar-refractivity contribution is 5.92. The van der Waals surface area contributed by atoms with E-state index < -0.39 is 0 Å². The Morgan fingerprint density at radius 3 is 2.83 bits per heavy atom. The Morgan fingerprint density at radius 1 is 1.03 bits per heavy atom. The number of nitrogens with zero attached hydrogens (tertiary/aromatic N) is 6. The lowest BCUT2D eigenvalue weighted by Crippen LogP contribution is -2.33. The van der Waals surface area contributed by atoms with Gasteiger partial charge in [-0.25, -0.2) is 9.97 Å². The number of amides is 1. The van der Waals surface area contributed by atoms with Crippen LogP contribution in [0.2, 0.25) is 0 Å². The number of benzene rings is 1. The highest BCUT2D eigenvalue weighted by Crippen LogP contribution is 2.44. The molecule has 0 aliphatic carbocycles. The molecule has 1 aromatic carbocycles. The standard InChI is InChI=1S/C23H20N6O/c30-22(19-5-8-24-15-26-19)28-9-6-23(14-28)7-10-29-21(23)12-20(27-29)17-11-16-3-1-2-4-18(16)25-13-17/h1-5,8,11-13,15H,6-7,9-10,14H2. The summed E-state index contributed by atoms with van der Waals surface area (Å²) in [5.41, 5.74) is 4.61. The number of carbonyl (C=O) groups is 1. The molecule has 1 amide bonds. The van der Waals surface area contributed by atoms with Crippen LogP contribution >= 0.6 is 0 Å². The molecule has 0 saturated carbocycles. The van der Waals surface area contributed by atoms with E-state index in [1.54, 1.807) is 12.3 Å². The van der Waals surface area contributed by atoms with Crippen LogP contribution in [-0.4, -0.2) is 48.6 Å². The molecule has 7 nitrogen and oxygen atoms in total. The summed E-state index contributed by atoms with van der Waals surface area (Å²) in [5, 5.41) is 5.98. The van der Waals surface area contributed by atoms with Crippen molar-refractivity contribution >= 4 is 16.8 Å². The van der Waals surface area contributed by atoms with Gasteiger partial charge in [0, 0.05) is 54.1 Å². The van der Waals surface area contributed by atoms with E-state index in [0.717, 1.165) is 48.1 Å². The number of aromatic nitrogens is 5. The molecule has 1 unspecified atom stereocenters. The SMILES string of the molecule is O=C(c1ccncn1)N1CCC2(CCn3nc(-c4cnc5ccccc5c4)cc32)C1. The first-order chi connectivity index (χ1) is 14.7. The fourth-order valence-corrected chi connectivity index (χ4v) is 4.85. The van der Waals surface area contributed by atoms with Gasteiger partial charge in [-0.1, -0.05) is 18.2 Å². The van der Waals surface area contributed by atoms with Crippen LogP contribution < -0.4 is 0 Å². The van der Waals surface area contributed by atoms with E-state index in [1.807, 2.05) is 29.3 Å². The molecule has 3 aromatic heterocycles. The third kappa shape index (κ3) is 2.62. The van der Waals surface area contributed by atoms with Crippen LogP contribution in [0.1, 0.15) is 29.0 Å². The van der Waals surface area contributed by atoms with Gasteiger partial charge in [0.05, 0.1) is 11.2 Å². The Hall–Kier alpha value is -3.61. The first-order valence-corrected chi connectivity index (χ1v) is 10.2. The fourth-order valence-electron chi connectivity index (χ4n) is 4.85. The number of carbonyl (C=O) groups excluding carboxylic acids is 1. The Kier molecular flexibility index (Phi) is 3.71. The van der Waals surface area contributed by atoms with Crippen LogP contribution in [0, 0.1) is 0 Å². The average molecular weight is 396 g/mol. The number of rotatable bonds is 2. The summed E-state index contributed by atoms with van der Waals surface area (Å²) < 4.78 is 2.11. The van der Waals surface area contributed by atoms with Crippen molar-refractivity contribution in [3.05, 3.63) is 72.6 Å². The zero-order valence-electron chi connectivity index (χ0n) is 16.4. The van der Waals surface area contributed by atoms with Gasteiger partial charge in [0.2, 0.25) is 0 Å². The molecular weight excluding hydrogens is 376 g/mol. The lowest BCUT2D eigenvalue weighted by molar-refractivity contribution is 0.0777. The maximum atomic E-state index is 12.9. The first-order valence-electron chi connectivity index (χ1n) is 10.2. The molecule has 7 heteroatoms. The van der Waals surface area contributed by atoms with Crippen LogP contribution in [0.3, 0.4) is 0 Å². The molecule has 30 heavy (non-hydrogen) atoms. The molecule has 0 radical (unpaired) electrons. The summed E-state index contributed by atoms with van der Waals surface area (Å²) in [4.78, 5) is 27.4. The van der Waals surface area contributed by atoms with E-state index >= 15 is 0 Å². The normalized spacial score (nSPS) is 20.2. The summed E-state index contributed by atoms with van der Waals surface area (Å²) in [6.45, 7) is 2.32. The van der Waals surface area contributed by atoms with E-state index in [-0.39, 0.29) is 11.3 Å². The Labute approximate surface area is 173 Å². The minimum absolute atomic E-state index is 0.0220. The predicted molar refractivity (Wildman–Crippen MR) is 112 cm³/mol. The van der Waals surface area contributed by atoms with E-state index in [0.29, 0.717) is 12.2 Å². The first kappa shape index (κ1) is 17.3. The van der Waals surface area contributed by atoms with E-state index in [9.17, 15) is 4.79 Å². The van der Waals surface area contributed by atoms with Crippen LogP contribution in [0.4, 0.5) is 0 Å². The Bertz CT molecular complexity index is 1270. The molecule has 6 rings (SSSR count). The molecule has 4 aromatic rings. The highest BCUT2D eigenvalue weighted by Gasteiger charge is 2.47. The second-order valence-electron chi connectivity index (χ2n) is 8.16. The van der Waals surface area contributed by atoms with Gasteiger partial charge in [-0.3, -0.25) is 14.5 Å². The van der Waals surface area contributed by atoms with Crippen molar-refractivity contribution in [1.29, 1.82) is 0 Å². The van der Waals surface area contributed by atoms with Crippen LogP contribution in [0.15, 0.2) is 61.2 Å². The Balaban J connectivity index is 1.31. The molecule has 1 saturated heterocycles. The quantitative estimate of drug-likeness (QED) is 0.520. The molecule has 0 N–H and O–H groups in total. The smallest absolute Gasteiger partial charge is 0.272 e. The van der Waals surface area contributed by atoms with Crippen LogP contribution in [0.5, 0.6) is 0 Å². The van der Waals surface area contributed by atoms with Crippen molar-refractivity contribution in [3.63, 3.8) is 0 Å². The summed E-state index contributed by atoms with van der Waals surface area (Å²) in [7, 11) is 0. The van der Waals surface area contributed by atoms with Crippen molar-refractivity contribution < 1.29 is 4.79 Å². The molecule has 2 aliphatic rings. The van der Waals surface area contributed by atoms with Crippen molar-refractivity contribution in [3.8, 4) is 11.3 Å². The number of hydrogen-bond donors (Lipinski definition) is 0. The second kappa shape index (κ2) is 6.45. The van der Waals surface area contributed by atoms with Gasteiger partial charge >= 0.3 is 0 Å². The largest absolute Gasteiger partial charge is 0.336 e. The molecular formula is C23H20N6O. The minimum Gasteiger partial charge on any atom is -0.336 e. The van der Waals surface area contributed by atoms with Gasteiger partial charge in [0.15, 0.2) is 0 Å². The number of hydrogen-bond acceptors (Lipinski definition) is 5. The average Bonchev–Trinajstić information content (AvgIpc) is 3.50. The van der Waals surface area contributed by atoms with Crippen LogP contribution in [0.25, 0.3) is 22.2 Å². The lowest BCUT2D eigenvalue weighted by Gasteiger charge is -2.23. The molecule has 1 fully saturated rings. The molecule has 1 spiro atoms. The molecule has 5 heterocycles. The zero-order chi connectivity index (χ0) is 20.1. The van der Waals surface area contributed by atoms with Gasteiger partial charge in [-0.05, 0) is 37.1 Å². The van der Waals surface area contributed by atoms with Crippen molar-refractivity contribution in [2.45, 2.75) is 24.8 Å². The molecule has 1 atom stereocenters. The lowest BCUT2D eigenvalue weighted by atomic mass is 9.82. The predicted octanol–water partition coefficient (Wildman–Crippen LogP) is 3.08. The number of fused-ring (bicyclic) bond motifs is 3. The summed E-state index contributed by atoms with van der Waals surface area (Å²) in [6.07, 6.45) is 6.89. The number of likely N-dealkylation sites (tertiary alicyclic amines) is 1. The zero-order valence-corrected chi connectivity index (χ0v) is 16.4. The summed E-state index contributed by atoms with van der Waals surface area (Å²) in [5.74, 6) is -0.0220. The number of aryl methyl sites for hydroxylation is 1. The third-order valence-corrected chi connectivity index (χ3v) is 6.45. The highest BCUT2D eigenvalue weighted by atomic mass is 16.2. The monoisotopic (exact) mass is 396 g/mol. The number of pyridine rings is 1. The number of para-hydroxylation sites is 1. The van der Waals surface area contributed by atoms with Crippen molar-refractivity contribution in [2.75, 3.05) is 13.1 Å². The van der Waals surface area contributed by atoms with E-state index in [1.165, 1.54) is 12.0 Å². The maximum absolute atomic E-state index is 12.9. The van der Waals surface area contributed by atoms with Crippen molar-refractivity contribution in [1.82, 2.24) is 29.6 Å². The summed E-state index contributed by atoms with van der Waals surface area (Å²) in [6, 6.07) is 14.1. The van der Waals surface area contributed by atoms with Crippen LogP contribution in [-0.2, 0) is 12.0 Å². The van der Waals surface area contributed by atoms with Gasteiger partial charge < -0.3 is 4.90 Å². The molecule has 0 bridgehead atoms. The minimum atomic E-state index is -0.0295. The van der Waals surface area contributed by atoms with E-state index in [4.69, 9.17) is 5.10 Å². The van der Waals surface area contributed by atoms with Gasteiger partial charge in [-0.15, -0.1) is 0 Å². The topological polar surface area (TPSA) is 76.8 Å². The second-order valence-corrected chi connectivity index (χ2v) is 8.16. The summed E-state index contributed by atoms with van der Waals surface area (Å²) >= 11 is 0. The van der Waals surface area contributed by atoms with Gasteiger partial charge in [0.25, 0.3) is 5.91 Å². The van der Waals surface area contributed by atoms with Gasteiger partial charge in [-0.2, -0.15) is 5.10 Å². The maximum Gasteiger partial charge on any atom is 0.272 e. The molecule has 2 aliphatic heterocycles. The van der Waals surface area contributed by atoms with E-state index in [2.05, 4.69) is 37.8 Å².